The van der Waals surface area contributed by atoms with Crippen molar-refractivity contribution < 1.29 is 4.74 Å². The van der Waals surface area contributed by atoms with Gasteiger partial charge in [0.05, 0.1) is 11.8 Å². The highest BCUT2D eigenvalue weighted by Gasteiger charge is 2.46. The standard InChI is InChI=1S/C8H8Cl2O/c9-5-7-1-2-8(6-10,11-7)4-3-7/h1-4H,5-6H2. The SMILES string of the molecule is ClCC12C=CC(CCl)(C=C1)O2. The van der Waals surface area contributed by atoms with Crippen LogP contribution in [0.4, 0.5) is 0 Å². The second kappa shape index (κ2) is 2.25. The van der Waals surface area contributed by atoms with Gasteiger partial charge in [-0.05, 0) is 24.3 Å². The molecule has 0 saturated heterocycles. The van der Waals surface area contributed by atoms with Gasteiger partial charge in [0.2, 0.25) is 0 Å². The molecule has 0 aromatic heterocycles. The molecule has 2 rings (SSSR count). The fourth-order valence-electron chi connectivity index (χ4n) is 1.40. The van der Waals surface area contributed by atoms with E-state index >= 15 is 0 Å². The third-order valence-corrected chi connectivity index (χ3v) is 2.93. The van der Waals surface area contributed by atoms with E-state index in [0.29, 0.717) is 11.8 Å². The summed E-state index contributed by atoms with van der Waals surface area (Å²) in [5, 5.41) is 0. The molecule has 2 aliphatic rings. The second-order valence-corrected chi connectivity index (χ2v) is 3.48. The van der Waals surface area contributed by atoms with Crippen molar-refractivity contribution in [3.63, 3.8) is 0 Å². The molecule has 0 fully saturated rings. The maximum Gasteiger partial charge on any atom is 0.120 e. The van der Waals surface area contributed by atoms with Gasteiger partial charge in [0.1, 0.15) is 11.2 Å². The highest BCUT2D eigenvalue weighted by molar-refractivity contribution is 6.20. The largest absolute Gasteiger partial charge is 0.350 e. The van der Waals surface area contributed by atoms with Gasteiger partial charge < -0.3 is 4.74 Å². The lowest BCUT2D eigenvalue weighted by molar-refractivity contribution is 0.0100. The van der Waals surface area contributed by atoms with Crippen LogP contribution in [0.15, 0.2) is 24.3 Å². The van der Waals surface area contributed by atoms with E-state index in [1.54, 1.807) is 0 Å². The van der Waals surface area contributed by atoms with Crippen LogP contribution >= 0.6 is 23.2 Å². The number of halogens is 2. The van der Waals surface area contributed by atoms with Crippen LogP contribution in [-0.4, -0.2) is 23.0 Å². The van der Waals surface area contributed by atoms with Crippen molar-refractivity contribution in [1.29, 1.82) is 0 Å². The minimum Gasteiger partial charge on any atom is -0.350 e. The average molecular weight is 191 g/mol. The predicted molar refractivity (Wildman–Crippen MR) is 46.3 cm³/mol. The first-order chi connectivity index (χ1) is 5.24. The van der Waals surface area contributed by atoms with Crippen LogP contribution in [0.1, 0.15) is 0 Å². The molecule has 2 heterocycles. The molecule has 0 unspecified atom stereocenters. The summed E-state index contributed by atoms with van der Waals surface area (Å²) in [4.78, 5) is 0. The van der Waals surface area contributed by atoms with Crippen molar-refractivity contribution in [2.75, 3.05) is 11.8 Å². The van der Waals surface area contributed by atoms with Gasteiger partial charge in [-0.1, -0.05) is 0 Å². The Hall–Kier alpha value is 0.0200. The fourth-order valence-corrected chi connectivity index (χ4v) is 1.86. The van der Waals surface area contributed by atoms with Gasteiger partial charge in [-0.25, -0.2) is 0 Å². The molecule has 0 spiro atoms. The summed E-state index contributed by atoms with van der Waals surface area (Å²) in [5.41, 5.74) is -0.729. The van der Waals surface area contributed by atoms with Crippen LogP contribution in [0.3, 0.4) is 0 Å². The molecule has 0 aromatic rings. The zero-order valence-electron chi connectivity index (χ0n) is 5.89. The number of fused-ring (bicyclic) bond motifs is 2. The van der Waals surface area contributed by atoms with E-state index < -0.39 is 0 Å². The van der Waals surface area contributed by atoms with Gasteiger partial charge in [-0.15, -0.1) is 23.2 Å². The minimum absolute atomic E-state index is 0.365. The summed E-state index contributed by atoms with van der Waals surface area (Å²) in [6.45, 7) is 0. The number of hydrogen-bond donors (Lipinski definition) is 0. The lowest BCUT2D eigenvalue weighted by atomic mass is 9.99. The summed E-state index contributed by atoms with van der Waals surface area (Å²) < 4.78 is 5.66. The van der Waals surface area contributed by atoms with E-state index in [0.717, 1.165) is 0 Å². The Morgan fingerprint density at radius 1 is 0.909 bits per heavy atom. The van der Waals surface area contributed by atoms with Gasteiger partial charge in [-0.3, -0.25) is 0 Å². The maximum atomic E-state index is 5.74. The van der Waals surface area contributed by atoms with Crippen LogP contribution in [-0.2, 0) is 4.74 Å². The number of hydrogen-bond acceptors (Lipinski definition) is 1. The molecule has 2 aliphatic heterocycles. The zero-order valence-corrected chi connectivity index (χ0v) is 7.40. The van der Waals surface area contributed by atoms with Crippen LogP contribution in [0, 0.1) is 0 Å². The van der Waals surface area contributed by atoms with E-state index in [4.69, 9.17) is 27.9 Å². The molecule has 2 bridgehead atoms. The first-order valence-corrected chi connectivity index (χ1v) is 4.54. The van der Waals surface area contributed by atoms with E-state index in [1.807, 2.05) is 24.3 Å². The summed E-state index contributed by atoms with van der Waals surface area (Å²) in [5.74, 6) is 0.914. The van der Waals surface area contributed by atoms with Gasteiger partial charge in [-0.2, -0.15) is 0 Å². The Kier molecular flexibility index (Phi) is 1.57. The number of alkyl halides is 2. The third-order valence-electron chi connectivity index (χ3n) is 2.09. The van der Waals surface area contributed by atoms with E-state index in [2.05, 4.69) is 0 Å². The van der Waals surface area contributed by atoms with E-state index in [-0.39, 0.29) is 11.2 Å². The first kappa shape index (κ1) is 7.66. The molecule has 0 N–H and O–H groups in total. The molecule has 0 radical (unpaired) electrons. The Morgan fingerprint density at radius 3 is 1.45 bits per heavy atom. The summed E-state index contributed by atoms with van der Waals surface area (Å²) in [6.07, 6.45) is 7.90. The highest BCUT2D eigenvalue weighted by Crippen LogP contribution is 2.41. The molecule has 0 amide bonds. The monoisotopic (exact) mass is 190 g/mol. The van der Waals surface area contributed by atoms with Crippen LogP contribution in [0.25, 0.3) is 0 Å². The molecule has 0 atom stereocenters. The van der Waals surface area contributed by atoms with Crippen LogP contribution in [0.5, 0.6) is 0 Å². The second-order valence-electron chi connectivity index (χ2n) is 2.95. The van der Waals surface area contributed by atoms with Crippen molar-refractivity contribution >= 4 is 23.2 Å². The molecule has 0 saturated carbocycles. The van der Waals surface area contributed by atoms with Gasteiger partial charge >= 0.3 is 0 Å². The number of ether oxygens (including phenoxy) is 1. The summed E-state index contributed by atoms with van der Waals surface area (Å²) in [6, 6.07) is 0. The molecular formula is C8H8Cl2O. The Bertz CT molecular complexity index is 196. The van der Waals surface area contributed by atoms with Crippen molar-refractivity contribution in [3.05, 3.63) is 24.3 Å². The Balaban J connectivity index is 2.30. The van der Waals surface area contributed by atoms with Crippen molar-refractivity contribution in [2.24, 2.45) is 0 Å². The molecule has 0 aliphatic carbocycles. The molecule has 60 valence electrons. The predicted octanol–water partition coefficient (Wildman–Crippen LogP) is 2.10. The molecular weight excluding hydrogens is 183 g/mol. The third kappa shape index (κ3) is 0.952. The summed E-state index contributed by atoms with van der Waals surface area (Å²) in [7, 11) is 0. The van der Waals surface area contributed by atoms with Crippen LogP contribution < -0.4 is 0 Å². The molecule has 0 aromatic carbocycles. The number of rotatable bonds is 2. The minimum atomic E-state index is -0.365. The molecule has 1 nitrogen and oxygen atoms in total. The first-order valence-electron chi connectivity index (χ1n) is 3.47. The lowest BCUT2D eigenvalue weighted by Crippen LogP contribution is -2.30. The molecule has 11 heavy (non-hydrogen) atoms. The Labute approximate surface area is 75.6 Å². The maximum absolute atomic E-state index is 5.74. The molecule has 3 heteroatoms. The van der Waals surface area contributed by atoms with Crippen molar-refractivity contribution in [2.45, 2.75) is 11.2 Å². The van der Waals surface area contributed by atoms with E-state index in [9.17, 15) is 0 Å². The summed E-state index contributed by atoms with van der Waals surface area (Å²) >= 11 is 11.5. The zero-order chi connectivity index (χ0) is 7.95. The van der Waals surface area contributed by atoms with E-state index in [1.165, 1.54) is 0 Å². The van der Waals surface area contributed by atoms with Gasteiger partial charge in [0, 0.05) is 0 Å². The van der Waals surface area contributed by atoms with Crippen molar-refractivity contribution in [3.8, 4) is 0 Å². The lowest BCUT2D eigenvalue weighted by Gasteiger charge is -2.21. The topological polar surface area (TPSA) is 9.23 Å². The Morgan fingerprint density at radius 2 is 1.27 bits per heavy atom. The van der Waals surface area contributed by atoms with Gasteiger partial charge in [0.15, 0.2) is 0 Å². The van der Waals surface area contributed by atoms with Crippen molar-refractivity contribution in [1.82, 2.24) is 0 Å². The smallest absolute Gasteiger partial charge is 0.120 e. The fraction of sp³-hybridized carbons (Fsp3) is 0.500. The van der Waals surface area contributed by atoms with Crippen LogP contribution in [0.2, 0.25) is 0 Å². The normalized spacial score (nSPS) is 45.6. The highest BCUT2D eigenvalue weighted by atomic mass is 35.5. The average Bonchev–Trinajstić information content (AvgIpc) is 2.61. The van der Waals surface area contributed by atoms with Gasteiger partial charge in [0.25, 0.3) is 0 Å². The quantitative estimate of drug-likeness (QED) is 0.479.